The van der Waals surface area contributed by atoms with Gasteiger partial charge in [0, 0.05) is 50.2 Å². The van der Waals surface area contributed by atoms with Crippen LogP contribution >= 0.6 is 0 Å². The first-order chi connectivity index (χ1) is 17.7. The number of amides is 2. The summed E-state index contributed by atoms with van der Waals surface area (Å²) < 4.78 is 5.69. The second-order valence-corrected chi connectivity index (χ2v) is 11.2. The van der Waals surface area contributed by atoms with Crippen molar-refractivity contribution >= 4 is 17.6 Å². The number of nitrogens with one attached hydrogen (secondary N) is 1. The lowest BCUT2D eigenvalue weighted by Crippen LogP contribution is -2.29. The first kappa shape index (κ1) is 27.0. The minimum Gasteiger partial charge on any atom is -0.380 e. The smallest absolute Gasteiger partial charge is 0.223 e. The molecule has 4 rings (SSSR count). The highest BCUT2D eigenvalue weighted by atomic mass is 16.5. The van der Waals surface area contributed by atoms with Gasteiger partial charge in [0.2, 0.25) is 11.8 Å². The summed E-state index contributed by atoms with van der Waals surface area (Å²) in [4.78, 5) is 39.1. The maximum absolute atomic E-state index is 13.1. The highest BCUT2D eigenvalue weighted by Crippen LogP contribution is 2.33. The third-order valence-electron chi connectivity index (χ3n) is 6.95. The molecule has 8 nitrogen and oxygen atoms in total. The number of carbonyl (C=O) groups excluding carboxylic acids is 2. The zero-order chi connectivity index (χ0) is 26.4. The molecule has 0 atom stereocenters. The Labute approximate surface area is 220 Å². The highest BCUT2D eigenvalue weighted by Gasteiger charge is 2.31. The fraction of sp³-hybridized carbons (Fsp3) is 0.586. The molecule has 0 radical (unpaired) electrons. The topological polar surface area (TPSA) is 87.7 Å². The van der Waals surface area contributed by atoms with Gasteiger partial charge in [0.05, 0.1) is 25.4 Å². The minimum absolute atomic E-state index is 0.0706. The van der Waals surface area contributed by atoms with E-state index >= 15 is 0 Å². The van der Waals surface area contributed by atoms with E-state index in [1.807, 2.05) is 36.1 Å². The van der Waals surface area contributed by atoms with Gasteiger partial charge in [-0.1, -0.05) is 45.0 Å². The lowest BCUT2D eigenvalue weighted by Gasteiger charge is -2.24. The van der Waals surface area contributed by atoms with E-state index in [9.17, 15) is 9.59 Å². The van der Waals surface area contributed by atoms with Gasteiger partial charge in [-0.15, -0.1) is 0 Å². The number of rotatable bonds is 8. The number of hydrogen-bond acceptors (Lipinski definition) is 6. The standard InChI is InChI=1S/C29H41N5O3/c1-5-30-25(35)12-9-21-7-10-22(11-8-21)27-31-24-20-34(26(36)13-14-29(2,3)4)19-23(24)28(32-27)33-15-6-17-37-18-16-33/h7-8,10-11H,5-6,9,12-20H2,1-4H3,(H,30,35). The number of aromatic nitrogens is 2. The fourth-order valence-electron chi connectivity index (χ4n) is 4.77. The second kappa shape index (κ2) is 12.0. The Morgan fingerprint density at radius 2 is 1.81 bits per heavy atom. The third-order valence-corrected chi connectivity index (χ3v) is 6.95. The Bertz CT molecular complexity index is 1090. The molecule has 0 saturated carbocycles. The SMILES string of the molecule is CCNC(=O)CCc1ccc(-c2nc3c(c(N4CCCOCC4)n2)CN(C(=O)CCC(C)(C)C)C3)cc1. The lowest BCUT2D eigenvalue weighted by atomic mass is 9.90. The van der Waals surface area contributed by atoms with Crippen LogP contribution in [0.1, 0.15) is 70.2 Å². The van der Waals surface area contributed by atoms with Gasteiger partial charge in [0.15, 0.2) is 5.82 Å². The highest BCUT2D eigenvalue weighted by molar-refractivity contribution is 5.78. The Kier molecular flexibility index (Phi) is 8.79. The largest absolute Gasteiger partial charge is 0.380 e. The predicted octanol–water partition coefficient (Wildman–Crippen LogP) is 4.11. The maximum atomic E-state index is 13.1. The molecule has 0 spiro atoms. The molecule has 2 aliphatic rings. The molecule has 1 aromatic heterocycles. The molecule has 1 aromatic carbocycles. The molecule has 0 unspecified atom stereocenters. The van der Waals surface area contributed by atoms with Crippen LogP contribution in [0, 0.1) is 5.41 Å². The van der Waals surface area contributed by atoms with Crippen molar-refractivity contribution in [3.8, 4) is 11.4 Å². The zero-order valence-electron chi connectivity index (χ0n) is 22.8. The number of carbonyl (C=O) groups is 2. The Morgan fingerprint density at radius 3 is 2.54 bits per heavy atom. The van der Waals surface area contributed by atoms with E-state index in [-0.39, 0.29) is 17.2 Å². The van der Waals surface area contributed by atoms with E-state index in [1.165, 1.54) is 0 Å². The first-order valence-electron chi connectivity index (χ1n) is 13.6. The Hall–Kier alpha value is -3.00. The molecule has 8 heteroatoms. The lowest BCUT2D eigenvalue weighted by molar-refractivity contribution is -0.132. The average Bonchev–Trinajstić information content (AvgIpc) is 3.12. The number of anilines is 1. The van der Waals surface area contributed by atoms with Crippen LogP contribution in [0.25, 0.3) is 11.4 Å². The van der Waals surface area contributed by atoms with Crippen LogP contribution in [0.5, 0.6) is 0 Å². The number of ether oxygens (including phenoxy) is 1. The second-order valence-electron chi connectivity index (χ2n) is 11.2. The first-order valence-corrected chi connectivity index (χ1v) is 13.6. The summed E-state index contributed by atoms with van der Waals surface area (Å²) in [6.45, 7) is 13.2. The monoisotopic (exact) mass is 507 g/mol. The minimum atomic E-state index is 0.0706. The normalized spacial score (nSPS) is 15.9. The summed E-state index contributed by atoms with van der Waals surface area (Å²) in [6.07, 6.45) is 3.52. The molecule has 0 bridgehead atoms. The van der Waals surface area contributed by atoms with Gasteiger partial charge in [0.25, 0.3) is 0 Å². The number of aryl methyl sites for hydroxylation is 1. The summed E-state index contributed by atoms with van der Waals surface area (Å²) in [7, 11) is 0. The van der Waals surface area contributed by atoms with E-state index in [0.717, 1.165) is 60.7 Å². The van der Waals surface area contributed by atoms with Gasteiger partial charge in [-0.25, -0.2) is 9.97 Å². The third kappa shape index (κ3) is 7.28. The van der Waals surface area contributed by atoms with Crippen LogP contribution < -0.4 is 10.2 Å². The molecule has 2 aromatic rings. The van der Waals surface area contributed by atoms with E-state index < -0.39 is 0 Å². The van der Waals surface area contributed by atoms with Crippen LogP contribution in [0.2, 0.25) is 0 Å². The van der Waals surface area contributed by atoms with Gasteiger partial charge < -0.3 is 19.9 Å². The van der Waals surface area contributed by atoms with Crippen molar-refractivity contribution in [2.45, 2.75) is 72.9 Å². The summed E-state index contributed by atoms with van der Waals surface area (Å²) in [5.74, 6) is 1.85. The summed E-state index contributed by atoms with van der Waals surface area (Å²) in [6, 6.07) is 8.16. The van der Waals surface area contributed by atoms with E-state index in [2.05, 4.69) is 31.0 Å². The van der Waals surface area contributed by atoms with E-state index in [4.69, 9.17) is 14.7 Å². The quantitative estimate of drug-likeness (QED) is 0.579. The number of fused-ring (bicyclic) bond motifs is 1. The molecule has 2 amide bonds. The molecule has 3 heterocycles. The predicted molar refractivity (Wildman–Crippen MR) is 145 cm³/mol. The van der Waals surface area contributed by atoms with Crippen LogP contribution in [0.4, 0.5) is 5.82 Å². The van der Waals surface area contributed by atoms with Gasteiger partial charge in [-0.3, -0.25) is 9.59 Å². The molecule has 1 fully saturated rings. The van der Waals surface area contributed by atoms with Gasteiger partial charge >= 0.3 is 0 Å². The van der Waals surface area contributed by atoms with E-state index in [1.54, 1.807) is 0 Å². The fourth-order valence-corrected chi connectivity index (χ4v) is 4.77. The van der Waals surface area contributed by atoms with E-state index in [0.29, 0.717) is 51.3 Å². The van der Waals surface area contributed by atoms with Gasteiger partial charge in [-0.05, 0) is 37.2 Å². The number of hydrogen-bond donors (Lipinski definition) is 1. The van der Waals surface area contributed by atoms with Crippen LogP contribution in [-0.2, 0) is 33.8 Å². The molecular formula is C29H41N5O3. The van der Waals surface area contributed by atoms with Crippen molar-refractivity contribution in [2.75, 3.05) is 37.7 Å². The molecule has 2 aliphatic heterocycles. The molecule has 1 N–H and O–H groups in total. The van der Waals surface area contributed by atoms with Crippen molar-refractivity contribution in [3.63, 3.8) is 0 Å². The molecule has 37 heavy (non-hydrogen) atoms. The van der Waals surface area contributed by atoms with Gasteiger partial charge in [-0.2, -0.15) is 0 Å². The number of nitrogens with zero attached hydrogens (tertiary/aromatic N) is 4. The zero-order valence-corrected chi connectivity index (χ0v) is 22.8. The Morgan fingerprint density at radius 1 is 1.03 bits per heavy atom. The van der Waals surface area contributed by atoms with Crippen molar-refractivity contribution < 1.29 is 14.3 Å². The van der Waals surface area contributed by atoms with Crippen molar-refractivity contribution in [1.29, 1.82) is 0 Å². The average molecular weight is 508 g/mol. The van der Waals surface area contributed by atoms with Crippen molar-refractivity contribution in [3.05, 3.63) is 41.1 Å². The van der Waals surface area contributed by atoms with Crippen LogP contribution in [-0.4, -0.2) is 59.5 Å². The van der Waals surface area contributed by atoms with Crippen LogP contribution in [0.3, 0.4) is 0 Å². The molecular weight excluding hydrogens is 466 g/mol. The maximum Gasteiger partial charge on any atom is 0.223 e. The number of benzene rings is 1. The van der Waals surface area contributed by atoms with Crippen LogP contribution in [0.15, 0.2) is 24.3 Å². The van der Waals surface area contributed by atoms with Crippen molar-refractivity contribution in [1.82, 2.24) is 20.2 Å². The van der Waals surface area contributed by atoms with Gasteiger partial charge in [0.1, 0.15) is 5.82 Å². The molecule has 1 saturated heterocycles. The molecule has 0 aliphatic carbocycles. The summed E-state index contributed by atoms with van der Waals surface area (Å²) in [5, 5.41) is 2.84. The summed E-state index contributed by atoms with van der Waals surface area (Å²) in [5.41, 5.74) is 4.17. The Balaban J connectivity index is 1.57. The summed E-state index contributed by atoms with van der Waals surface area (Å²) >= 11 is 0. The molecule has 200 valence electrons. The van der Waals surface area contributed by atoms with Crippen molar-refractivity contribution in [2.24, 2.45) is 5.41 Å².